The molecule has 1 N–H and O–H groups in total. The van der Waals surface area contributed by atoms with Gasteiger partial charge >= 0.3 is 6.01 Å². The molecule has 1 aromatic carbocycles. The molecule has 110 valence electrons. The van der Waals surface area contributed by atoms with E-state index in [4.69, 9.17) is 4.74 Å². The standard InChI is InChI=1S/C15H19N5O/c1-2-16-13-17-14(20-10-6-7-11-20)19-15(18-13)21-12-8-4-3-5-9-12/h3-5,8-9H,2,6-7,10-11H2,1H3,(H,16,17,18,19). The van der Waals surface area contributed by atoms with Gasteiger partial charge in [-0.2, -0.15) is 15.0 Å². The molecule has 0 spiro atoms. The minimum atomic E-state index is 0.328. The average Bonchev–Trinajstić information content (AvgIpc) is 3.03. The Morgan fingerprint density at radius 3 is 2.57 bits per heavy atom. The summed E-state index contributed by atoms with van der Waals surface area (Å²) < 4.78 is 5.74. The maximum atomic E-state index is 5.74. The highest BCUT2D eigenvalue weighted by Crippen LogP contribution is 2.22. The second-order valence-corrected chi connectivity index (χ2v) is 4.88. The van der Waals surface area contributed by atoms with Gasteiger partial charge in [0.25, 0.3) is 0 Å². The average molecular weight is 285 g/mol. The van der Waals surface area contributed by atoms with Gasteiger partial charge in [-0.25, -0.2) is 0 Å². The molecule has 6 heteroatoms. The summed E-state index contributed by atoms with van der Waals surface area (Å²) >= 11 is 0. The van der Waals surface area contributed by atoms with E-state index in [1.807, 2.05) is 37.3 Å². The smallest absolute Gasteiger partial charge is 0.328 e. The number of nitrogens with one attached hydrogen (secondary N) is 1. The molecule has 6 nitrogen and oxygen atoms in total. The molecule has 2 aromatic rings. The molecular formula is C15H19N5O. The van der Waals surface area contributed by atoms with Crippen molar-refractivity contribution in [3.05, 3.63) is 30.3 Å². The number of hydrogen-bond donors (Lipinski definition) is 1. The van der Waals surface area contributed by atoms with Gasteiger partial charge in [-0.05, 0) is 31.9 Å². The Kier molecular flexibility index (Phi) is 4.14. The summed E-state index contributed by atoms with van der Waals surface area (Å²) in [7, 11) is 0. The Labute approximate surface area is 124 Å². The Morgan fingerprint density at radius 2 is 1.86 bits per heavy atom. The van der Waals surface area contributed by atoms with Crippen LogP contribution in [-0.4, -0.2) is 34.6 Å². The molecule has 1 aliphatic heterocycles. The molecule has 0 unspecified atom stereocenters. The number of benzene rings is 1. The van der Waals surface area contributed by atoms with Crippen LogP contribution >= 0.6 is 0 Å². The molecule has 2 heterocycles. The van der Waals surface area contributed by atoms with Crippen molar-refractivity contribution in [1.29, 1.82) is 0 Å². The summed E-state index contributed by atoms with van der Waals surface area (Å²) in [6.45, 7) is 4.74. The van der Waals surface area contributed by atoms with Crippen LogP contribution in [0.1, 0.15) is 19.8 Å². The van der Waals surface area contributed by atoms with Crippen molar-refractivity contribution in [3.63, 3.8) is 0 Å². The maximum Gasteiger partial charge on any atom is 0.328 e. The zero-order chi connectivity index (χ0) is 14.5. The van der Waals surface area contributed by atoms with E-state index in [9.17, 15) is 0 Å². The van der Waals surface area contributed by atoms with Crippen molar-refractivity contribution < 1.29 is 4.74 Å². The largest absolute Gasteiger partial charge is 0.424 e. The van der Waals surface area contributed by atoms with Crippen molar-refractivity contribution in [3.8, 4) is 11.8 Å². The first kappa shape index (κ1) is 13.6. The Hall–Kier alpha value is -2.37. The van der Waals surface area contributed by atoms with E-state index in [2.05, 4.69) is 25.2 Å². The zero-order valence-corrected chi connectivity index (χ0v) is 12.1. The Morgan fingerprint density at radius 1 is 1.10 bits per heavy atom. The SMILES string of the molecule is CCNc1nc(Oc2ccccc2)nc(N2CCCC2)n1. The Bertz CT molecular complexity index is 584. The first-order chi connectivity index (χ1) is 10.3. The predicted octanol–water partition coefficient (Wildman–Crippen LogP) is 2.70. The monoisotopic (exact) mass is 285 g/mol. The van der Waals surface area contributed by atoms with Gasteiger partial charge in [-0.1, -0.05) is 18.2 Å². The second kappa shape index (κ2) is 6.39. The highest BCUT2D eigenvalue weighted by Gasteiger charge is 2.18. The number of para-hydroxylation sites is 1. The van der Waals surface area contributed by atoms with Crippen molar-refractivity contribution >= 4 is 11.9 Å². The molecule has 21 heavy (non-hydrogen) atoms. The lowest BCUT2D eigenvalue weighted by atomic mass is 10.3. The normalized spacial score (nSPS) is 14.2. The number of rotatable bonds is 5. The quantitative estimate of drug-likeness (QED) is 0.911. The number of aromatic nitrogens is 3. The molecular weight excluding hydrogens is 266 g/mol. The van der Waals surface area contributed by atoms with Crippen molar-refractivity contribution in [2.45, 2.75) is 19.8 Å². The predicted molar refractivity (Wildman–Crippen MR) is 82.0 cm³/mol. The number of hydrogen-bond acceptors (Lipinski definition) is 6. The fourth-order valence-corrected chi connectivity index (χ4v) is 2.28. The summed E-state index contributed by atoms with van der Waals surface area (Å²) in [6, 6.07) is 9.87. The second-order valence-electron chi connectivity index (χ2n) is 4.88. The summed E-state index contributed by atoms with van der Waals surface area (Å²) in [5, 5.41) is 3.13. The van der Waals surface area contributed by atoms with E-state index in [0.717, 1.165) is 25.4 Å². The lowest BCUT2D eigenvalue weighted by Gasteiger charge is -2.16. The third-order valence-electron chi connectivity index (χ3n) is 3.28. The van der Waals surface area contributed by atoms with Crippen LogP contribution in [0.2, 0.25) is 0 Å². The summed E-state index contributed by atoms with van der Waals surface area (Å²) in [4.78, 5) is 15.4. The van der Waals surface area contributed by atoms with E-state index in [1.54, 1.807) is 0 Å². The van der Waals surface area contributed by atoms with Crippen LogP contribution in [0.3, 0.4) is 0 Å². The van der Waals surface area contributed by atoms with E-state index >= 15 is 0 Å². The molecule has 1 aliphatic rings. The zero-order valence-electron chi connectivity index (χ0n) is 12.1. The summed E-state index contributed by atoms with van der Waals surface area (Å²) in [5.74, 6) is 1.96. The highest BCUT2D eigenvalue weighted by molar-refractivity contribution is 5.40. The third kappa shape index (κ3) is 3.39. The van der Waals surface area contributed by atoms with Crippen LogP contribution in [0.25, 0.3) is 0 Å². The van der Waals surface area contributed by atoms with E-state index in [0.29, 0.717) is 17.9 Å². The lowest BCUT2D eigenvalue weighted by molar-refractivity contribution is 0.440. The fourth-order valence-electron chi connectivity index (χ4n) is 2.28. The van der Waals surface area contributed by atoms with Crippen LogP contribution in [0.15, 0.2) is 30.3 Å². The van der Waals surface area contributed by atoms with Crippen LogP contribution in [-0.2, 0) is 0 Å². The van der Waals surface area contributed by atoms with Gasteiger partial charge in [0.15, 0.2) is 0 Å². The molecule has 1 saturated heterocycles. The molecule has 3 rings (SSSR count). The van der Waals surface area contributed by atoms with E-state index in [-0.39, 0.29) is 0 Å². The number of nitrogens with zero attached hydrogens (tertiary/aromatic N) is 4. The minimum absolute atomic E-state index is 0.328. The molecule has 1 aromatic heterocycles. The lowest BCUT2D eigenvalue weighted by Crippen LogP contribution is -2.21. The molecule has 0 bridgehead atoms. The molecule has 0 saturated carbocycles. The van der Waals surface area contributed by atoms with Crippen molar-refractivity contribution in [2.75, 3.05) is 29.9 Å². The van der Waals surface area contributed by atoms with Gasteiger partial charge in [-0.3, -0.25) is 0 Å². The summed E-state index contributed by atoms with van der Waals surface area (Å²) in [5.41, 5.74) is 0. The van der Waals surface area contributed by atoms with Crippen LogP contribution in [0, 0.1) is 0 Å². The van der Waals surface area contributed by atoms with Gasteiger partial charge < -0.3 is 15.0 Å². The minimum Gasteiger partial charge on any atom is -0.424 e. The topological polar surface area (TPSA) is 63.2 Å². The van der Waals surface area contributed by atoms with Gasteiger partial charge in [0.2, 0.25) is 11.9 Å². The Balaban J connectivity index is 1.87. The van der Waals surface area contributed by atoms with Gasteiger partial charge in [0.05, 0.1) is 0 Å². The van der Waals surface area contributed by atoms with Gasteiger partial charge in [-0.15, -0.1) is 0 Å². The van der Waals surface area contributed by atoms with Crippen molar-refractivity contribution in [1.82, 2.24) is 15.0 Å². The van der Waals surface area contributed by atoms with Crippen LogP contribution in [0.4, 0.5) is 11.9 Å². The third-order valence-corrected chi connectivity index (χ3v) is 3.28. The molecule has 0 amide bonds. The first-order valence-electron chi connectivity index (χ1n) is 7.33. The molecule has 1 fully saturated rings. The van der Waals surface area contributed by atoms with E-state index < -0.39 is 0 Å². The van der Waals surface area contributed by atoms with Crippen molar-refractivity contribution in [2.24, 2.45) is 0 Å². The molecule has 0 aliphatic carbocycles. The van der Waals surface area contributed by atoms with Crippen LogP contribution in [0.5, 0.6) is 11.8 Å². The van der Waals surface area contributed by atoms with Crippen LogP contribution < -0.4 is 15.0 Å². The maximum absolute atomic E-state index is 5.74. The highest BCUT2D eigenvalue weighted by atomic mass is 16.5. The molecule has 0 radical (unpaired) electrons. The van der Waals surface area contributed by atoms with Gasteiger partial charge in [0.1, 0.15) is 5.75 Å². The molecule has 0 atom stereocenters. The number of ether oxygens (including phenoxy) is 1. The van der Waals surface area contributed by atoms with Gasteiger partial charge in [0, 0.05) is 19.6 Å². The first-order valence-corrected chi connectivity index (χ1v) is 7.33. The van der Waals surface area contributed by atoms with E-state index in [1.165, 1.54) is 12.8 Å². The summed E-state index contributed by atoms with van der Waals surface area (Å²) in [6.07, 6.45) is 2.36. The number of anilines is 2. The fraction of sp³-hybridized carbons (Fsp3) is 0.400.